The number of hydrogen-bond acceptors (Lipinski definition) is 3. The Kier molecular flexibility index (Phi) is 5.06. The number of amides is 1. The first kappa shape index (κ1) is 15.2. The largest absolute Gasteiger partial charge is 0.484 e. The van der Waals surface area contributed by atoms with Gasteiger partial charge in [-0.1, -0.05) is 29.8 Å². The Labute approximate surface area is 128 Å². The number of aryl methyl sites for hydroxylation is 1. The van der Waals surface area contributed by atoms with Gasteiger partial charge in [0, 0.05) is 6.54 Å². The predicted molar refractivity (Wildman–Crippen MR) is 84.6 cm³/mol. The summed E-state index contributed by atoms with van der Waals surface area (Å²) in [6.07, 6.45) is 0. The van der Waals surface area contributed by atoms with Crippen LogP contribution in [0.5, 0.6) is 5.75 Å². The van der Waals surface area contributed by atoms with Crippen LogP contribution >= 0.6 is 11.6 Å². The molecule has 0 saturated carbocycles. The van der Waals surface area contributed by atoms with Crippen molar-refractivity contribution in [3.05, 3.63) is 58.6 Å². The van der Waals surface area contributed by atoms with Gasteiger partial charge in [0.05, 0.1) is 10.7 Å². The van der Waals surface area contributed by atoms with Gasteiger partial charge in [0.25, 0.3) is 5.91 Å². The van der Waals surface area contributed by atoms with Gasteiger partial charge in [-0.2, -0.15) is 0 Å². The summed E-state index contributed by atoms with van der Waals surface area (Å²) in [7, 11) is 0. The van der Waals surface area contributed by atoms with Crippen LogP contribution in [0, 0.1) is 6.92 Å². The van der Waals surface area contributed by atoms with E-state index >= 15 is 0 Å². The highest BCUT2D eigenvalue weighted by Crippen LogP contribution is 2.23. The van der Waals surface area contributed by atoms with Gasteiger partial charge in [-0.15, -0.1) is 0 Å². The standard InChI is InChI=1S/C16H17ClN2O2/c1-11-2-7-14(17)15(8-11)19-9-12-3-5-13(6-4-12)21-10-16(18)20/h2-8,19H,9-10H2,1H3,(H2,18,20). The summed E-state index contributed by atoms with van der Waals surface area (Å²) in [4.78, 5) is 10.6. The summed E-state index contributed by atoms with van der Waals surface area (Å²) in [6, 6.07) is 13.3. The Hall–Kier alpha value is -2.20. The normalized spacial score (nSPS) is 10.2. The summed E-state index contributed by atoms with van der Waals surface area (Å²) in [5.41, 5.74) is 8.16. The fourth-order valence-corrected chi connectivity index (χ4v) is 2.01. The smallest absolute Gasteiger partial charge is 0.255 e. The van der Waals surface area contributed by atoms with E-state index in [1.165, 1.54) is 0 Å². The van der Waals surface area contributed by atoms with Crippen molar-refractivity contribution in [2.45, 2.75) is 13.5 Å². The predicted octanol–water partition coefficient (Wildman–Crippen LogP) is 3.12. The molecule has 0 atom stereocenters. The monoisotopic (exact) mass is 304 g/mol. The molecule has 5 heteroatoms. The third-order valence-electron chi connectivity index (χ3n) is 2.91. The van der Waals surface area contributed by atoms with E-state index in [1.807, 2.05) is 37.3 Å². The molecule has 0 spiro atoms. The summed E-state index contributed by atoms with van der Waals surface area (Å²) in [5.74, 6) is 0.126. The van der Waals surface area contributed by atoms with Crippen molar-refractivity contribution in [2.75, 3.05) is 11.9 Å². The number of halogens is 1. The first-order chi connectivity index (χ1) is 10.0. The van der Waals surface area contributed by atoms with Crippen molar-refractivity contribution >= 4 is 23.2 Å². The summed E-state index contributed by atoms with van der Waals surface area (Å²) in [5, 5.41) is 3.99. The van der Waals surface area contributed by atoms with Crippen LogP contribution in [0.2, 0.25) is 5.02 Å². The van der Waals surface area contributed by atoms with Gasteiger partial charge in [-0.05, 0) is 42.3 Å². The lowest BCUT2D eigenvalue weighted by atomic mass is 10.2. The van der Waals surface area contributed by atoms with Crippen LogP contribution in [0.25, 0.3) is 0 Å². The average Bonchev–Trinajstić information content (AvgIpc) is 2.47. The number of nitrogens with one attached hydrogen (secondary N) is 1. The number of anilines is 1. The van der Waals surface area contributed by atoms with E-state index in [9.17, 15) is 4.79 Å². The first-order valence-corrected chi connectivity index (χ1v) is 6.92. The molecule has 0 aliphatic heterocycles. The minimum atomic E-state index is -0.491. The van der Waals surface area contributed by atoms with Crippen molar-refractivity contribution in [3.8, 4) is 5.75 Å². The molecule has 1 amide bonds. The second-order valence-corrected chi connectivity index (χ2v) is 5.14. The zero-order chi connectivity index (χ0) is 15.2. The molecule has 2 rings (SSSR count). The minimum Gasteiger partial charge on any atom is -0.484 e. The molecular weight excluding hydrogens is 288 g/mol. The van der Waals surface area contributed by atoms with Gasteiger partial charge in [0.2, 0.25) is 0 Å². The Morgan fingerprint density at radius 2 is 1.95 bits per heavy atom. The van der Waals surface area contributed by atoms with Crippen molar-refractivity contribution in [1.82, 2.24) is 0 Å². The Morgan fingerprint density at radius 3 is 2.62 bits per heavy atom. The zero-order valence-electron chi connectivity index (χ0n) is 11.7. The Balaban J connectivity index is 1.94. The number of primary amides is 1. The molecule has 2 aromatic carbocycles. The van der Waals surface area contributed by atoms with Crippen LogP contribution in [0.1, 0.15) is 11.1 Å². The number of carbonyl (C=O) groups is 1. The van der Waals surface area contributed by atoms with Gasteiger partial charge >= 0.3 is 0 Å². The van der Waals surface area contributed by atoms with Crippen molar-refractivity contribution in [2.24, 2.45) is 5.73 Å². The van der Waals surface area contributed by atoms with E-state index in [0.717, 1.165) is 16.8 Å². The summed E-state index contributed by atoms with van der Waals surface area (Å²) in [6.45, 7) is 2.56. The molecule has 3 N–H and O–H groups in total. The van der Waals surface area contributed by atoms with Crippen LogP contribution in [0.15, 0.2) is 42.5 Å². The van der Waals surface area contributed by atoms with Gasteiger partial charge in [0.15, 0.2) is 6.61 Å². The van der Waals surface area contributed by atoms with Crippen LogP contribution in [0.4, 0.5) is 5.69 Å². The lowest BCUT2D eigenvalue weighted by Gasteiger charge is -2.10. The highest BCUT2D eigenvalue weighted by molar-refractivity contribution is 6.33. The SMILES string of the molecule is Cc1ccc(Cl)c(NCc2ccc(OCC(N)=O)cc2)c1. The fraction of sp³-hybridized carbons (Fsp3) is 0.188. The van der Waals surface area contributed by atoms with Gasteiger partial charge in [-0.25, -0.2) is 0 Å². The molecule has 0 heterocycles. The van der Waals surface area contributed by atoms with E-state index in [0.29, 0.717) is 17.3 Å². The van der Waals surface area contributed by atoms with E-state index in [4.69, 9.17) is 22.1 Å². The number of nitrogens with two attached hydrogens (primary N) is 1. The maximum Gasteiger partial charge on any atom is 0.255 e. The number of carbonyl (C=O) groups excluding carboxylic acids is 1. The van der Waals surface area contributed by atoms with Crippen LogP contribution in [0.3, 0.4) is 0 Å². The van der Waals surface area contributed by atoms with Crippen molar-refractivity contribution < 1.29 is 9.53 Å². The molecule has 0 fully saturated rings. The molecular formula is C16H17ClN2O2. The van der Waals surface area contributed by atoms with E-state index in [1.54, 1.807) is 12.1 Å². The van der Waals surface area contributed by atoms with Crippen LogP contribution in [-0.4, -0.2) is 12.5 Å². The van der Waals surface area contributed by atoms with E-state index in [-0.39, 0.29) is 6.61 Å². The number of rotatable bonds is 6. The maximum absolute atomic E-state index is 10.6. The number of hydrogen-bond donors (Lipinski definition) is 2. The fourth-order valence-electron chi connectivity index (χ4n) is 1.83. The van der Waals surface area contributed by atoms with Gasteiger partial charge in [0.1, 0.15) is 5.75 Å². The molecule has 0 aliphatic rings. The number of benzene rings is 2. The third kappa shape index (κ3) is 4.68. The molecule has 0 unspecified atom stereocenters. The first-order valence-electron chi connectivity index (χ1n) is 6.54. The Bertz CT molecular complexity index is 627. The zero-order valence-corrected chi connectivity index (χ0v) is 12.5. The van der Waals surface area contributed by atoms with Gasteiger partial charge < -0.3 is 15.8 Å². The molecule has 0 radical (unpaired) electrons. The van der Waals surface area contributed by atoms with Crippen LogP contribution in [-0.2, 0) is 11.3 Å². The lowest BCUT2D eigenvalue weighted by Crippen LogP contribution is -2.19. The summed E-state index contributed by atoms with van der Waals surface area (Å²) >= 11 is 6.13. The molecule has 0 aromatic heterocycles. The average molecular weight is 305 g/mol. The van der Waals surface area contributed by atoms with E-state index < -0.39 is 5.91 Å². The molecule has 110 valence electrons. The highest BCUT2D eigenvalue weighted by atomic mass is 35.5. The van der Waals surface area contributed by atoms with Crippen LogP contribution < -0.4 is 15.8 Å². The highest BCUT2D eigenvalue weighted by Gasteiger charge is 2.01. The molecule has 4 nitrogen and oxygen atoms in total. The summed E-state index contributed by atoms with van der Waals surface area (Å²) < 4.78 is 5.20. The molecule has 2 aromatic rings. The second kappa shape index (κ2) is 6.99. The molecule has 0 aliphatic carbocycles. The second-order valence-electron chi connectivity index (χ2n) is 4.74. The lowest BCUT2D eigenvalue weighted by molar-refractivity contribution is -0.119. The molecule has 0 bridgehead atoms. The van der Waals surface area contributed by atoms with Gasteiger partial charge in [-0.3, -0.25) is 4.79 Å². The maximum atomic E-state index is 10.6. The van der Waals surface area contributed by atoms with Crippen molar-refractivity contribution in [1.29, 1.82) is 0 Å². The Morgan fingerprint density at radius 1 is 1.24 bits per heavy atom. The van der Waals surface area contributed by atoms with Crippen molar-refractivity contribution in [3.63, 3.8) is 0 Å². The minimum absolute atomic E-state index is 0.115. The quantitative estimate of drug-likeness (QED) is 0.862. The molecule has 0 saturated heterocycles. The van der Waals surface area contributed by atoms with E-state index in [2.05, 4.69) is 5.32 Å². The third-order valence-corrected chi connectivity index (χ3v) is 3.24. The topological polar surface area (TPSA) is 64.3 Å². The molecule has 21 heavy (non-hydrogen) atoms. The number of ether oxygens (including phenoxy) is 1.